The Balaban J connectivity index is -0.000000102. The molecule has 8 radical (unpaired) electrons. The summed E-state index contributed by atoms with van der Waals surface area (Å²) in [6.07, 6.45) is 21.6. The Morgan fingerprint density at radius 3 is 1.28 bits per heavy atom. The maximum atomic E-state index is 5.28. The molecule has 10 aliphatic heterocycles. The van der Waals surface area contributed by atoms with Crippen LogP contribution in [0.5, 0.6) is 0 Å². The third-order valence-corrected chi connectivity index (χ3v) is 22.7. The number of nitrogens with zero attached hydrogens (tertiary/aromatic N) is 19. The van der Waals surface area contributed by atoms with Crippen LogP contribution in [-0.4, -0.2) is 216 Å². The molecule has 0 unspecified atom stereocenters. The van der Waals surface area contributed by atoms with Crippen molar-refractivity contribution in [1.29, 1.82) is 0 Å². The molecular weight excluding hydrogens is 2230 g/mol. The summed E-state index contributed by atoms with van der Waals surface area (Å²) in [6, 6.07) is 5.15. The second-order valence-corrected chi connectivity index (χ2v) is 31.8. The molecule has 6 aromatic rings. The fourth-order valence-corrected chi connectivity index (χ4v) is 15.4. The number of fused-ring (bicyclic) bond motifs is 6. The Labute approximate surface area is 993 Å². The van der Waals surface area contributed by atoms with Crippen LogP contribution in [0.15, 0.2) is 71.8 Å². The zero-order valence-corrected chi connectivity index (χ0v) is 112. The minimum atomic E-state index is 0. The summed E-state index contributed by atoms with van der Waals surface area (Å²) in [5.74, 6) is 2.10. The molecule has 0 atom stereocenters. The number of hydrogen-bond donors (Lipinski definition) is 0. The van der Waals surface area contributed by atoms with E-state index in [4.69, 9.17) is 8.94 Å². The molecule has 10 aliphatic rings. The summed E-state index contributed by atoms with van der Waals surface area (Å²) >= 11 is 3.45. The third-order valence-electron chi connectivity index (χ3n) is 21.0. The van der Waals surface area contributed by atoms with E-state index in [-0.39, 0.29) is 299 Å². The first-order valence-corrected chi connectivity index (χ1v) is 46.6. The van der Waals surface area contributed by atoms with E-state index in [9.17, 15) is 0 Å². The van der Waals surface area contributed by atoms with Crippen molar-refractivity contribution in [3.8, 4) is 0 Å². The quantitative estimate of drug-likeness (QED) is 0.131. The van der Waals surface area contributed by atoms with Crippen molar-refractivity contribution in [3.63, 3.8) is 0 Å². The van der Waals surface area contributed by atoms with Crippen LogP contribution in [0.1, 0.15) is 315 Å². The van der Waals surface area contributed by atoms with E-state index in [1.807, 2.05) is 158 Å². The van der Waals surface area contributed by atoms with Gasteiger partial charge in [0.25, 0.3) is 0 Å². The molecule has 6 aromatic heterocycles. The van der Waals surface area contributed by atoms with Gasteiger partial charge in [0.15, 0.2) is 12.2 Å². The number of aromatic nitrogens is 9. The molecule has 0 saturated carbocycles. The summed E-state index contributed by atoms with van der Waals surface area (Å²) in [5, 5.41) is 16.2. The van der Waals surface area contributed by atoms with Crippen molar-refractivity contribution in [2.24, 2.45) is 24.1 Å². The van der Waals surface area contributed by atoms with Crippen LogP contribution in [0.25, 0.3) is 0 Å². The van der Waals surface area contributed by atoms with Crippen LogP contribution in [0, 0.1) is 29.7 Å². The topological polar surface area (TPSA) is 177 Å². The van der Waals surface area contributed by atoms with Crippen molar-refractivity contribution in [1.82, 2.24) is 83.5 Å². The van der Waals surface area contributed by atoms with Gasteiger partial charge in [0.1, 0.15) is 5.76 Å². The maximum Gasteiger partial charge on any atom is 0.181 e. The minimum Gasteiger partial charge on any atom is -0.447 e. The molecule has 0 bridgehead atoms. The Kier molecular flexibility index (Phi) is 116. The van der Waals surface area contributed by atoms with E-state index in [0.717, 1.165) is 141 Å². The monoisotopic (exact) mass is 2410 g/mol. The summed E-state index contributed by atoms with van der Waals surface area (Å²) in [5.41, 5.74) is 18.4. The Morgan fingerprint density at radius 1 is 0.378 bits per heavy atom. The van der Waals surface area contributed by atoms with Crippen LogP contribution >= 0.6 is 22.9 Å². The van der Waals surface area contributed by atoms with Crippen LogP contribution < -0.4 is 0 Å². The first-order chi connectivity index (χ1) is 55.0. The van der Waals surface area contributed by atoms with Crippen molar-refractivity contribution in [2.75, 3.05) is 72.0 Å². The molecule has 21 nitrogen and oxygen atoms in total. The van der Waals surface area contributed by atoms with Gasteiger partial charge in [-0.25, -0.2) is 14.3 Å². The van der Waals surface area contributed by atoms with Crippen LogP contribution in [-0.2, 0) is 354 Å². The first kappa shape index (κ1) is 158. The van der Waals surface area contributed by atoms with Crippen LogP contribution in [0.4, 0.5) is 0 Å². The number of rotatable bonds is 8. The van der Waals surface area contributed by atoms with Gasteiger partial charge in [-0.05, 0) is 176 Å². The molecule has 0 amide bonds. The maximum absolute atomic E-state index is 5.28. The molecule has 0 N–H and O–H groups in total. The average molecular weight is 2410 g/mol. The van der Waals surface area contributed by atoms with Gasteiger partial charge < -0.3 is 38.6 Å². The molecule has 16 rings (SSSR count). The SMILES string of the molecule is C.CC.CC.CC.CC.CC.CC.CC.CC.CC(C)N1CCC2=C(CC=N2)C1.CC(C)N1CCC2=C(CN=C2)C1.CC(C)N1CCc2cnn(C)c2C1.CC(C)N1CCc2cnoc2C1.CC(C)N1CCc2cnsc2C1.CC(C)N1CCc2ncoc2C1.CC(C)N1CCc2ncsc2C1.CC(C)N1CCc2nnn(C)c2C1.[CH3-].[CH3-].[CH3-].[CH3-].[Y].[Y].[Y].[Y].[Y].[Y].[Y].[Y]. The summed E-state index contributed by atoms with van der Waals surface area (Å²) < 4.78 is 18.5. The zero-order valence-electron chi connectivity index (χ0n) is 87.8. The summed E-state index contributed by atoms with van der Waals surface area (Å²) in [6.45, 7) is 86.6. The first-order valence-electron chi connectivity index (χ1n) is 44.9. The molecule has 127 heavy (non-hydrogen) atoms. The smallest absolute Gasteiger partial charge is 0.181 e. The van der Waals surface area contributed by atoms with E-state index >= 15 is 0 Å². The third kappa shape index (κ3) is 56.1. The second-order valence-electron chi connectivity index (χ2n) is 30.0. The van der Waals surface area contributed by atoms with Gasteiger partial charge in [-0.3, -0.25) is 58.5 Å². The van der Waals surface area contributed by atoms with Gasteiger partial charge in [-0.1, -0.05) is 129 Å². The largest absolute Gasteiger partial charge is 0.447 e. The average Bonchev–Trinajstić information content (AvgIpc) is 1.68. The van der Waals surface area contributed by atoms with E-state index in [2.05, 4.69) is 207 Å². The Hall–Kier alpha value is 3.36. The van der Waals surface area contributed by atoms with Crippen LogP contribution in [0.3, 0.4) is 0 Å². The molecule has 0 saturated heterocycles. The molecule has 0 spiro atoms. The van der Waals surface area contributed by atoms with Crippen molar-refractivity contribution < 1.29 is 271 Å². The fraction of sp³-hybridized carbons (Fsp3) is 0.719. The van der Waals surface area contributed by atoms with Gasteiger partial charge in [0.05, 0.1) is 66.0 Å². The molecule has 0 aromatic carbocycles. The number of aryl methyl sites for hydroxylation is 2. The van der Waals surface area contributed by atoms with E-state index in [0.29, 0.717) is 48.3 Å². The number of hydrogen-bond acceptors (Lipinski definition) is 21. The van der Waals surface area contributed by atoms with Crippen molar-refractivity contribution in [2.45, 2.75) is 374 Å². The normalized spacial score (nSPS) is 15.4. The van der Waals surface area contributed by atoms with Gasteiger partial charge in [-0.2, -0.15) is 5.10 Å². The number of oxazole rings is 1. The minimum absolute atomic E-state index is 0. The molecule has 0 aliphatic carbocycles. The van der Waals surface area contributed by atoms with Crippen molar-refractivity contribution >= 4 is 35.3 Å². The predicted octanol–water partition coefficient (Wildman–Crippen LogP) is 22.4. The number of thiazole rings is 1. The number of aliphatic imine (C=N–C) groups is 2. The summed E-state index contributed by atoms with van der Waals surface area (Å²) in [7, 11) is 4.00. The molecule has 31 heteroatoms. The second kappa shape index (κ2) is 93.0. The van der Waals surface area contributed by atoms with Gasteiger partial charge in [0, 0.05) is 487 Å². The molecule has 716 valence electrons. The van der Waals surface area contributed by atoms with E-state index < -0.39 is 0 Å². The van der Waals surface area contributed by atoms with E-state index in [1.165, 1.54) is 106 Å². The Bertz CT molecular complexity index is 3230. The van der Waals surface area contributed by atoms with Crippen molar-refractivity contribution in [3.05, 3.63) is 149 Å². The van der Waals surface area contributed by atoms with E-state index in [1.54, 1.807) is 40.4 Å². The summed E-state index contributed by atoms with van der Waals surface area (Å²) in [4.78, 5) is 39.9. The molecular formula is C96H185N19O2S2Y8-4. The predicted molar refractivity (Wildman–Crippen MR) is 523 cm³/mol. The molecule has 0 fully saturated rings. The van der Waals surface area contributed by atoms with Gasteiger partial charge in [-0.15, -0.1) is 16.4 Å². The van der Waals surface area contributed by atoms with Crippen LogP contribution in [0.2, 0.25) is 0 Å². The van der Waals surface area contributed by atoms with Gasteiger partial charge in [0.2, 0.25) is 0 Å². The van der Waals surface area contributed by atoms with Gasteiger partial charge >= 0.3 is 0 Å². The zero-order chi connectivity index (χ0) is 86.2. The molecule has 16 heterocycles. The Morgan fingerprint density at radius 2 is 0.780 bits per heavy atom. The fourth-order valence-electron chi connectivity index (χ4n) is 13.8. The standard InChI is InChI=1S/C10H17N3.2C10H16N2.C9H16N4.2C9H14N2O.2C9H14N2S.8C2H6.CH4.4CH3.8Y/c1-8(2)13-5-4-9-6-11-12(3)10(9)7-13;1-8(2)12-6-4-10-9(7-12)3-5-11-10;1-8(2)12-4-3-9-5-11-6-10(9)7-12;1-7(2)13-5-4-8-9(6-13)12(3)11-10-8;1-7(2)11-4-3-8-9(5-11)12-6-10-8;1-7(2)11-4-3-8-5-10-12-9(8)6-11;1-7(2)11-4-3-8-9(5-11)12-6-10-8;1-7(2)11-4-3-8-5-10-12-9(8)6-11;8*1-2;;;;;;;;;;;;;/h6,8H,4-5,7H2,1-3H3;2*5,8H,3-4,6-7H2,1-2H3;7H,4-6H2,1-3H3;6-7H,3-5H2,1-2H3;5,7H,3-4,6H2,1-2H3;6-7H,3-5H2,1-2H3;5,7H,3-4,6H2,1-2H3;8*1-2H3;1H4;4*1H3;;;;;;;;/q;;;;;;;;;;;;;;;;;4*-1;;;;;;;;.